The van der Waals surface area contributed by atoms with Gasteiger partial charge in [0.15, 0.2) is 9.84 Å². The Kier molecular flexibility index (Phi) is 4.16. The van der Waals surface area contributed by atoms with Gasteiger partial charge in [-0.15, -0.1) is 0 Å². The highest BCUT2D eigenvalue weighted by Crippen LogP contribution is 2.28. The van der Waals surface area contributed by atoms with E-state index < -0.39 is 9.84 Å². The summed E-state index contributed by atoms with van der Waals surface area (Å²) >= 11 is 0. The monoisotopic (exact) mass is 283 g/mol. The smallest absolute Gasteiger partial charge is 0.154 e. The van der Waals surface area contributed by atoms with Crippen molar-refractivity contribution in [3.63, 3.8) is 0 Å². The summed E-state index contributed by atoms with van der Waals surface area (Å²) in [5.74, 6) is 1.19. The van der Waals surface area contributed by atoms with E-state index in [0.717, 1.165) is 23.3 Å². The van der Waals surface area contributed by atoms with Gasteiger partial charge in [0.05, 0.1) is 11.5 Å². The number of hydrogen-bond donors (Lipinski definition) is 1. The largest absolute Gasteiger partial charge is 0.489 e. The minimum Gasteiger partial charge on any atom is -0.489 e. The van der Waals surface area contributed by atoms with Crippen molar-refractivity contribution in [2.45, 2.75) is 32.8 Å². The molecule has 0 aromatic heterocycles. The lowest BCUT2D eigenvalue weighted by atomic mass is 10.0. The first-order chi connectivity index (χ1) is 8.91. The zero-order valence-corrected chi connectivity index (χ0v) is 12.3. The number of hydrogen-bond acceptors (Lipinski definition) is 4. The average Bonchev–Trinajstić information content (AvgIpc) is 2.64. The summed E-state index contributed by atoms with van der Waals surface area (Å²) in [6, 6.07) is 4.14. The molecule has 1 saturated heterocycles. The summed E-state index contributed by atoms with van der Waals surface area (Å²) in [5.41, 5.74) is 8.86. The van der Waals surface area contributed by atoms with Gasteiger partial charge < -0.3 is 10.5 Å². The minimum absolute atomic E-state index is 0.135. The van der Waals surface area contributed by atoms with Crippen LogP contribution in [-0.2, 0) is 16.3 Å². The van der Waals surface area contributed by atoms with Crippen LogP contribution >= 0.6 is 0 Å². The summed E-state index contributed by atoms with van der Waals surface area (Å²) < 4.78 is 28.8. The van der Waals surface area contributed by atoms with E-state index in [-0.39, 0.29) is 17.6 Å². The second-order valence-electron chi connectivity index (χ2n) is 5.24. The van der Waals surface area contributed by atoms with Crippen molar-refractivity contribution in [3.05, 3.63) is 28.8 Å². The minimum atomic E-state index is -2.90. The van der Waals surface area contributed by atoms with Crippen molar-refractivity contribution in [1.29, 1.82) is 0 Å². The number of benzene rings is 1. The van der Waals surface area contributed by atoms with E-state index in [1.807, 2.05) is 13.8 Å². The van der Waals surface area contributed by atoms with E-state index in [1.165, 1.54) is 5.56 Å². The molecular weight excluding hydrogens is 262 g/mol. The fraction of sp³-hybridized carbons (Fsp3) is 0.571. The van der Waals surface area contributed by atoms with Gasteiger partial charge in [0.25, 0.3) is 0 Å². The molecule has 1 aliphatic rings. The van der Waals surface area contributed by atoms with Crippen LogP contribution in [0, 0.1) is 13.8 Å². The van der Waals surface area contributed by atoms with Crippen molar-refractivity contribution in [2.24, 2.45) is 5.73 Å². The SMILES string of the molecule is Cc1cc(CCN)cc(C)c1OC1CCS(=O)(=O)C1. The van der Waals surface area contributed by atoms with Gasteiger partial charge in [-0.2, -0.15) is 0 Å². The van der Waals surface area contributed by atoms with Gasteiger partial charge in [-0.1, -0.05) is 12.1 Å². The fourth-order valence-electron chi connectivity index (χ4n) is 2.56. The molecule has 4 nitrogen and oxygen atoms in total. The molecule has 0 amide bonds. The molecule has 5 heteroatoms. The van der Waals surface area contributed by atoms with Gasteiger partial charge in [0.1, 0.15) is 11.9 Å². The van der Waals surface area contributed by atoms with Gasteiger partial charge >= 0.3 is 0 Å². The van der Waals surface area contributed by atoms with E-state index in [1.54, 1.807) is 0 Å². The van der Waals surface area contributed by atoms with Gasteiger partial charge in [0, 0.05) is 0 Å². The summed E-state index contributed by atoms with van der Waals surface area (Å²) in [6.45, 7) is 4.61. The highest BCUT2D eigenvalue weighted by Gasteiger charge is 2.30. The predicted molar refractivity (Wildman–Crippen MR) is 76.4 cm³/mol. The van der Waals surface area contributed by atoms with E-state index >= 15 is 0 Å². The molecule has 1 aromatic rings. The molecule has 19 heavy (non-hydrogen) atoms. The predicted octanol–water partition coefficient (Wildman–Crippen LogP) is 1.37. The number of rotatable bonds is 4. The molecular formula is C14H21NO3S. The van der Waals surface area contributed by atoms with Crippen LogP contribution in [0.15, 0.2) is 12.1 Å². The normalized spacial score (nSPS) is 21.5. The molecule has 0 radical (unpaired) electrons. The Bertz CT molecular complexity index is 543. The highest BCUT2D eigenvalue weighted by atomic mass is 32.2. The van der Waals surface area contributed by atoms with E-state index in [2.05, 4.69) is 12.1 Å². The lowest BCUT2D eigenvalue weighted by molar-refractivity contribution is 0.226. The third-order valence-corrected chi connectivity index (χ3v) is 5.17. The maximum atomic E-state index is 11.4. The van der Waals surface area contributed by atoms with Gasteiger partial charge in [-0.25, -0.2) is 8.42 Å². The number of sulfone groups is 1. The van der Waals surface area contributed by atoms with Crippen molar-refractivity contribution >= 4 is 9.84 Å². The molecule has 0 bridgehead atoms. The van der Waals surface area contributed by atoms with Gasteiger partial charge in [-0.3, -0.25) is 0 Å². The standard InChI is InChI=1S/C14H21NO3S/c1-10-7-12(3-5-15)8-11(2)14(10)18-13-4-6-19(16,17)9-13/h7-8,13H,3-6,9,15H2,1-2H3. The van der Waals surface area contributed by atoms with Crippen molar-refractivity contribution < 1.29 is 13.2 Å². The molecule has 1 atom stereocenters. The fourth-order valence-corrected chi connectivity index (χ4v) is 4.15. The maximum absolute atomic E-state index is 11.4. The van der Waals surface area contributed by atoms with Crippen LogP contribution in [0.5, 0.6) is 5.75 Å². The summed E-state index contributed by atoms with van der Waals surface area (Å²) in [5, 5.41) is 0. The Morgan fingerprint density at radius 1 is 1.32 bits per heavy atom. The molecule has 1 unspecified atom stereocenters. The quantitative estimate of drug-likeness (QED) is 0.906. The molecule has 1 aliphatic heterocycles. The number of ether oxygens (including phenoxy) is 1. The lowest BCUT2D eigenvalue weighted by Crippen LogP contribution is -2.19. The van der Waals surface area contributed by atoms with Gasteiger partial charge in [-0.05, 0) is 49.9 Å². The van der Waals surface area contributed by atoms with Crippen LogP contribution in [-0.4, -0.2) is 32.6 Å². The van der Waals surface area contributed by atoms with Crippen molar-refractivity contribution in [2.75, 3.05) is 18.1 Å². The summed E-state index contributed by atoms with van der Waals surface area (Å²) in [4.78, 5) is 0. The molecule has 1 aromatic carbocycles. The van der Waals surface area contributed by atoms with Crippen LogP contribution < -0.4 is 10.5 Å². The zero-order chi connectivity index (χ0) is 14.0. The molecule has 106 valence electrons. The van der Waals surface area contributed by atoms with Crippen LogP contribution in [0.3, 0.4) is 0 Å². The van der Waals surface area contributed by atoms with E-state index in [9.17, 15) is 8.42 Å². The molecule has 2 rings (SSSR count). The second kappa shape index (κ2) is 5.51. The molecule has 1 fully saturated rings. The number of nitrogens with two attached hydrogens (primary N) is 1. The first kappa shape index (κ1) is 14.3. The van der Waals surface area contributed by atoms with Crippen LogP contribution in [0.1, 0.15) is 23.1 Å². The third kappa shape index (κ3) is 3.48. The van der Waals surface area contributed by atoms with E-state index in [0.29, 0.717) is 13.0 Å². The van der Waals surface area contributed by atoms with Crippen molar-refractivity contribution in [1.82, 2.24) is 0 Å². The number of aryl methyl sites for hydroxylation is 2. The molecule has 2 N–H and O–H groups in total. The highest BCUT2D eigenvalue weighted by molar-refractivity contribution is 7.91. The Morgan fingerprint density at radius 3 is 2.42 bits per heavy atom. The lowest BCUT2D eigenvalue weighted by Gasteiger charge is -2.17. The van der Waals surface area contributed by atoms with Gasteiger partial charge in [0.2, 0.25) is 0 Å². The topological polar surface area (TPSA) is 69.4 Å². The van der Waals surface area contributed by atoms with Crippen LogP contribution in [0.4, 0.5) is 0 Å². The zero-order valence-electron chi connectivity index (χ0n) is 11.5. The third-order valence-electron chi connectivity index (χ3n) is 3.43. The van der Waals surface area contributed by atoms with Crippen molar-refractivity contribution in [3.8, 4) is 5.75 Å². The molecule has 1 heterocycles. The molecule has 0 spiro atoms. The van der Waals surface area contributed by atoms with Crippen LogP contribution in [0.2, 0.25) is 0 Å². The maximum Gasteiger partial charge on any atom is 0.154 e. The summed E-state index contributed by atoms with van der Waals surface area (Å²) in [7, 11) is -2.90. The molecule has 0 saturated carbocycles. The Balaban J connectivity index is 2.17. The first-order valence-electron chi connectivity index (χ1n) is 6.58. The average molecular weight is 283 g/mol. The van der Waals surface area contributed by atoms with E-state index in [4.69, 9.17) is 10.5 Å². The van der Waals surface area contributed by atoms with Crippen LogP contribution in [0.25, 0.3) is 0 Å². The molecule has 0 aliphatic carbocycles. The summed E-state index contributed by atoms with van der Waals surface area (Å²) in [6.07, 6.45) is 1.23. The Morgan fingerprint density at radius 2 is 1.95 bits per heavy atom. The Hall–Kier alpha value is -1.07. The Labute approximate surface area is 114 Å². The first-order valence-corrected chi connectivity index (χ1v) is 8.40. The second-order valence-corrected chi connectivity index (χ2v) is 7.47.